The second kappa shape index (κ2) is 10.6. The smallest absolute Gasteiger partial charge is 0.387 e. The highest BCUT2D eigenvalue weighted by Crippen LogP contribution is 2.22. The van der Waals surface area contributed by atoms with Gasteiger partial charge in [0, 0.05) is 26.2 Å². The highest BCUT2D eigenvalue weighted by molar-refractivity contribution is 5.86. The van der Waals surface area contributed by atoms with Crippen molar-refractivity contribution in [2.75, 3.05) is 27.2 Å². The number of aliphatic imine (C=N–C) groups is 1. The molecule has 1 aromatic rings. The Kier molecular flexibility index (Phi) is 8.81. The zero-order chi connectivity index (χ0) is 19.7. The van der Waals surface area contributed by atoms with Crippen LogP contribution in [0.3, 0.4) is 0 Å². The van der Waals surface area contributed by atoms with Gasteiger partial charge in [0.15, 0.2) is 5.96 Å². The molecule has 1 aromatic carbocycles. The van der Waals surface area contributed by atoms with Crippen LogP contribution >= 0.6 is 0 Å². The molecule has 0 atom stereocenters. The number of carbonyl (C=O) groups excluding carboxylic acids is 1. The van der Waals surface area contributed by atoms with E-state index in [-0.39, 0.29) is 24.7 Å². The van der Waals surface area contributed by atoms with Gasteiger partial charge < -0.3 is 20.3 Å². The standard InChI is InChI=1S/C18H28F2N4O2/c1-12(2)9-21-18(23-11-16(25)24(4)5)22-10-14-8-13(3)6-7-15(14)26-17(19)20/h6-8,12,17H,9-11H2,1-5H3,(H2,21,22,23). The molecule has 146 valence electrons. The molecule has 0 saturated heterocycles. The minimum atomic E-state index is -2.89. The van der Waals surface area contributed by atoms with Gasteiger partial charge in [-0.3, -0.25) is 4.79 Å². The fourth-order valence-corrected chi connectivity index (χ4v) is 2.00. The molecule has 1 amide bonds. The summed E-state index contributed by atoms with van der Waals surface area (Å²) in [5.74, 6) is 0.824. The van der Waals surface area contributed by atoms with Crippen LogP contribution in [-0.4, -0.2) is 50.6 Å². The van der Waals surface area contributed by atoms with Crippen LogP contribution in [0.15, 0.2) is 23.2 Å². The molecule has 1 rings (SSSR count). The van der Waals surface area contributed by atoms with Gasteiger partial charge in [0.25, 0.3) is 0 Å². The van der Waals surface area contributed by atoms with Crippen LogP contribution in [0.2, 0.25) is 0 Å². The van der Waals surface area contributed by atoms with Crippen LogP contribution in [0.25, 0.3) is 0 Å². The summed E-state index contributed by atoms with van der Waals surface area (Å²) in [4.78, 5) is 17.6. The SMILES string of the molecule is Cc1ccc(OC(F)F)c(CN=C(NCC(=O)N(C)C)NCC(C)C)c1. The number of carbonyl (C=O) groups is 1. The van der Waals surface area contributed by atoms with Crippen molar-refractivity contribution in [3.8, 4) is 5.75 Å². The maximum Gasteiger partial charge on any atom is 0.387 e. The lowest BCUT2D eigenvalue weighted by atomic mass is 10.1. The second-order valence-corrected chi connectivity index (χ2v) is 6.57. The Labute approximate surface area is 153 Å². The number of hydrogen-bond acceptors (Lipinski definition) is 3. The number of aryl methyl sites for hydroxylation is 1. The second-order valence-electron chi connectivity index (χ2n) is 6.57. The molecule has 8 heteroatoms. The minimum Gasteiger partial charge on any atom is -0.434 e. The predicted molar refractivity (Wildman–Crippen MR) is 98.5 cm³/mol. The van der Waals surface area contributed by atoms with E-state index >= 15 is 0 Å². The first-order chi connectivity index (χ1) is 12.2. The Bertz CT molecular complexity index is 619. The summed E-state index contributed by atoms with van der Waals surface area (Å²) in [5, 5.41) is 6.10. The first-order valence-electron chi connectivity index (χ1n) is 8.45. The van der Waals surface area contributed by atoms with Gasteiger partial charge in [-0.2, -0.15) is 8.78 Å². The maximum atomic E-state index is 12.6. The molecular weight excluding hydrogens is 342 g/mol. The molecule has 0 fully saturated rings. The first kappa shape index (κ1) is 21.7. The Morgan fingerprint density at radius 3 is 2.54 bits per heavy atom. The van der Waals surface area contributed by atoms with Gasteiger partial charge in [-0.25, -0.2) is 4.99 Å². The summed E-state index contributed by atoms with van der Waals surface area (Å²) in [7, 11) is 3.34. The van der Waals surface area contributed by atoms with E-state index < -0.39 is 6.61 Å². The van der Waals surface area contributed by atoms with E-state index in [4.69, 9.17) is 0 Å². The van der Waals surface area contributed by atoms with E-state index in [1.54, 1.807) is 26.2 Å². The third-order valence-electron chi connectivity index (χ3n) is 3.42. The molecule has 0 spiro atoms. The zero-order valence-corrected chi connectivity index (χ0v) is 16.0. The predicted octanol–water partition coefficient (Wildman–Crippen LogP) is 2.38. The molecule has 0 radical (unpaired) electrons. The van der Waals surface area contributed by atoms with Crippen molar-refractivity contribution in [1.29, 1.82) is 0 Å². The highest BCUT2D eigenvalue weighted by Gasteiger charge is 2.11. The molecule has 0 saturated carbocycles. The lowest BCUT2D eigenvalue weighted by molar-refractivity contribution is -0.127. The normalized spacial score (nSPS) is 11.7. The van der Waals surface area contributed by atoms with Crippen molar-refractivity contribution in [3.05, 3.63) is 29.3 Å². The van der Waals surface area contributed by atoms with E-state index in [1.165, 1.54) is 11.0 Å². The minimum absolute atomic E-state index is 0.0884. The van der Waals surface area contributed by atoms with E-state index in [0.717, 1.165) is 5.56 Å². The number of rotatable bonds is 8. The molecular formula is C18H28F2N4O2. The average Bonchev–Trinajstić information content (AvgIpc) is 2.55. The number of benzene rings is 1. The van der Waals surface area contributed by atoms with Crippen LogP contribution in [0.4, 0.5) is 8.78 Å². The molecule has 0 aliphatic carbocycles. The van der Waals surface area contributed by atoms with Crippen LogP contribution in [0.1, 0.15) is 25.0 Å². The number of ether oxygens (including phenoxy) is 1. The number of nitrogens with zero attached hydrogens (tertiary/aromatic N) is 2. The lowest BCUT2D eigenvalue weighted by Gasteiger charge is -2.16. The van der Waals surface area contributed by atoms with Gasteiger partial charge in [-0.1, -0.05) is 31.5 Å². The van der Waals surface area contributed by atoms with Crippen molar-refractivity contribution < 1.29 is 18.3 Å². The highest BCUT2D eigenvalue weighted by atomic mass is 19.3. The van der Waals surface area contributed by atoms with E-state index in [9.17, 15) is 13.6 Å². The van der Waals surface area contributed by atoms with Gasteiger partial charge in [0.1, 0.15) is 5.75 Å². The molecule has 0 heterocycles. The number of guanidine groups is 1. The van der Waals surface area contributed by atoms with Crippen molar-refractivity contribution in [3.63, 3.8) is 0 Å². The fraction of sp³-hybridized carbons (Fsp3) is 0.556. The van der Waals surface area contributed by atoms with Crippen LogP contribution < -0.4 is 15.4 Å². The summed E-state index contributed by atoms with van der Waals surface area (Å²) in [6.45, 7) is 3.96. The van der Waals surface area contributed by atoms with Gasteiger partial charge in [0.2, 0.25) is 5.91 Å². The van der Waals surface area contributed by atoms with Crippen LogP contribution in [0.5, 0.6) is 5.75 Å². The summed E-state index contributed by atoms with van der Waals surface area (Å²) in [6, 6.07) is 4.97. The summed E-state index contributed by atoms with van der Waals surface area (Å²) in [6.07, 6.45) is 0. The number of nitrogens with one attached hydrogen (secondary N) is 2. The number of alkyl halides is 2. The van der Waals surface area contributed by atoms with Crippen molar-refractivity contribution in [2.24, 2.45) is 10.9 Å². The topological polar surface area (TPSA) is 66.0 Å². The average molecular weight is 370 g/mol. The number of likely N-dealkylation sites (N-methyl/N-ethyl adjacent to an activating group) is 1. The summed E-state index contributed by atoms with van der Waals surface area (Å²) in [5.41, 5.74) is 1.47. The monoisotopic (exact) mass is 370 g/mol. The molecule has 0 aromatic heterocycles. The van der Waals surface area contributed by atoms with Gasteiger partial charge in [0.05, 0.1) is 13.1 Å². The van der Waals surface area contributed by atoms with Crippen molar-refractivity contribution in [1.82, 2.24) is 15.5 Å². The summed E-state index contributed by atoms with van der Waals surface area (Å²) < 4.78 is 29.7. The zero-order valence-electron chi connectivity index (χ0n) is 16.0. The van der Waals surface area contributed by atoms with Gasteiger partial charge in [-0.05, 0) is 18.9 Å². The third-order valence-corrected chi connectivity index (χ3v) is 3.42. The first-order valence-corrected chi connectivity index (χ1v) is 8.45. The Hall–Kier alpha value is -2.38. The van der Waals surface area contributed by atoms with Crippen molar-refractivity contribution >= 4 is 11.9 Å². The molecule has 6 nitrogen and oxygen atoms in total. The van der Waals surface area contributed by atoms with E-state index in [2.05, 4.69) is 20.4 Å². The van der Waals surface area contributed by atoms with Crippen LogP contribution in [0, 0.1) is 12.8 Å². The molecule has 0 unspecified atom stereocenters. The molecule has 2 N–H and O–H groups in total. The lowest BCUT2D eigenvalue weighted by Crippen LogP contribution is -2.44. The number of hydrogen-bond donors (Lipinski definition) is 2. The Morgan fingerprint density at radius 2 is 1.96 bits per heavy atom. The fourth-order valence-electron chi connectivity index (χ4n) is 2.00. The molecule has 0 aliphatic rings. The largest absolute Gasteiger partial charge is 0.434 e. The van der Waals surface area contributed by atoms with Crippen LogP contribution in [-0.2, 0) is 11.3 Å². The Balaban J connectivity index is 2.90. The number of halogens is 2. The summed E-state index contributed by atoms with van der Waals surface area (Å²) >= 11 is 0. The maximum absolute atomic E-state index is 12.6. The van der Waals surface area contributed by atoms with Crippen molar-refractivity contribution in [2.45, 2.75) is 33.9 Å². The quantitative estimate of drug-likeness (QED) is 0.545. The van der Waals surface area contributed by atoms with Gasteiger partial charge in [-0.15, -0.1) is 0 Å². The number of amides is 1. The Morgan fingerprint density at radius 1 is 1.27 bits per heavy atom. The van der Waals surface area contributed by atoms with E-state index in [0.29, 0.717) is 24.0 Å². The molecule has 26 heavy (non-hydrogen) atoms. The molecule has 0 bridgehead atoms. The van der Waals surface area contributed by atoms with Gasteiger partial charge >= 0.3 is 6.61 Å². The third kappa shape index (κ3) is 8.13. The van der Waals surface area contributed by atoms with E-state index in [1.807, 2.05) is 20.8 Å². The molecule has 0 aliphatic heterocycles.